The molecule has 1 aliphatic heterocycles. The van der Waals surface area contributed by atoms with Gasteiger partial charge in [0.2, 0.25) is 5.91 Å². The molecular weight excluding hydrogens is 598 g/mol. The van der Waals surface area contributed by atoms with E-state index < -0.39 is 23.9 Å². The molecule has 1 unspecified atom stereocenters. The minimum atomic E-state index is -1.82. The number of rotatable bonds is 11. The first-order valence-corrected chi connectivity index (χ1v) is 14.2. The van der Waals surface area contributed by atoms with E-state index in [-0.39, 0.29) is 11.2 Å². The van der Waals surface area contributed by atoms with Gasteiger partial charge in [-0.1, -0.05) is 12.1 Å². The number of fused-ring (bicyclic) bond motifs is 1. The SMILES string of the molecule is COc1ccc(OCCCN(C)C)c(C2Sc3ccccc3N(CCCN(C)C)C2=O)c1.O=C(O)C(=O)O.O=C(O)C(=O)O. The maximum Gasteiger partial charge on any atom is 0.414 e. The number of amides is 1. The standard InChI is InChI=1S/C25H35N3O3S.2C2H2O4/c1-26(2)14-8-16-28-21-10-6-7-11-23(21)32-24(25(28)29)20-18-19(30-5)12-13-22(20)31-17-9-15-27(3)4;2*3-1(4)2(5)6/h6-7,10-13,18,24H,8-9,14-17H2,1-5H3;2*(H,3,4)(H,5,6). The minimum Gasteiger partial charge on any atom is -0.497 e. The van der Waals surface area contributed by atoms with Crippen LogP contribution in [-0.2, 0) is 24.0 Å². The summed E-state index contributed by atoms with van der Waals surface area (Å²) in [6, 6.07) is 13.9. The number of methoxy groups -OCH3 is 1. The number of carbonyl (C=O) groups is 5. The summed E-state index contributed by atoms with van der Waals surface area (Å²) in [6.07, 6.45) is 1.83. The minimum absolute atomic E-state index is 0.0962. The van der Waals surface area contributed by atoms with E-state index >= 15 is 0 Å². The van der Waals surface area contributed by atoms with Crippen molar-refractivity contribution in [2.24, 2.45) is 0 Å². The van der Waals surface area contributed by atoms with E-state index in [2.05, 4.69) is 44.1 Å². The molecule has 1 aliphatic rings. The Morgan fingerprint density at radius 3 is 1.91 bits per heavy atom. The third-order valence-electron chi connectivity index (χ3n) is 5.75. The molecule has 3 rings (SSSR count). The predicted molar refractivity (Wildman–Crippen MR) is 163 cm³/mol. The average molecular weight is 638 g/mol. The maximum absolute atomic E-state index is 13.7. The number of hydrogen-bond donors (Lipinski definition) is 4. The molecule has 1 amide bonds. The van der Waals surface area contributed by atoms with Crippen molar-refractivity contribution in [3.05, 3.63) is 48.0 Å². The van der Waals surface area contributed by atoms with Gasteiger partial charge in [0.15, 0.2) is 0 Å². The Labute approximate surface area is 259 Å². The molecule has 0 fully saturated rings. The van der Waals surface area contributed by atoms with Crippen molar-refractivity contribution < 1.29 is 53.9 Å². The number of para-hydroxylation sites is 1. The maximum atomic E-state index is 13.7. The molecule has 0 saturated carbocycles. The molecule has 0 radical (unpaired) electrons. The largest absolute Gasteiger partial charge is 0.497 e. The highest BCUT2D eigenvalue weighted by Gasteiger charge is 2.36. The smallest absolute Gasteiger partial charge is 0.414 e. The summed E-state index contributed by atoms with van der Waals surface area (Å²) in [5, 5.41) is 29.2. The van der Waals surface area contributed by atoms with Gasteiger partial charge in [0.25, 0.3) is 0 Å². The number of thioether (sulfide) groups is 1. The van der Waals surface area contributed by atoms with Crippen LogP contribution in [0, 0.1) is 0 Å². The monoisotopic (exact) mass is 637 g/mol. The Morgan fingerprint density at radius 1 is 0.841 bits per heavy atom. The van der Waals surface area contributed by atoms with Gasteiger partial charge in [-0.05, 0) is 77.9 Å². The second kappa shape index (κ2) is 19.0. The lowest BCUT2D eigenvalue weighted by Gasteiger charge is -2.34. The zero-order chi connectivity index (χ0) is 33.4. The Kier molecular flexibility index (Phi) is 16.3. The fourth-order valence-corrected chi connectivity index (χ4v) is 4.99. The summed E-state index contributed by atoms with van der Waals surface area (Å²) in [5.74, 6) is -5.72. The second-order valence-electron chi connectivity index (χ2n) is 9.74. The third-order valence-corrected chi connectivity index (χ3v) is 7.04. The molecule has 1 atom stereocenters. The fourth-order valence-electron chi connectivity index (χ4n) is 3.74. The summed E-state index contributed by atoms with van der Waals surface area (Å²) < 4.78 is 11.6. The van der Waals surface area contributed by atoms with Gasteiger partial charge >= 0.3 is 23.9 Å². The van der Waals surface area contributed by atoms with Gasteiger partial charge in [-0.2, -0.15) is 0 Å². The van der Waals surface area contributed by atoms with Crippen molar-refractivity contribution in [1.82, 2.24) is 9.80 Å². The van der Waals surface area contributed by atoms with Crippen molar-refractivity contribution in [2.45, 2.75) is 23.0 Å². The molecule has 14 nitrogen and oxygen atoms in total. The van der Waals surface area contributed by atoms with Crippen molar-refractivity contribution in [1.29, 1.82) is 0 Å². The van der Waals surface area contributed by atoms with Gasteiger partial charge in [-0.25, -0.2) is 19.2 Å². The first kappa shape index (κ1) is 37.7. The molecular formula is C29H39N3O11S. The van der Waals surface area contributed by atoms with Gasteiger partial charge in [-0.3, -0.25) is 4.79 Å². The molecule has 2 aromatic rings. The molecule has 0 bridgehead atoms. The van der Waals surface area contributed by atoms with Crippen LogP contribution >= 0.6 is 11.8 Å². The van der Waals surface area contributed by atoms with Crippen molar-refractivity contribution in [2.75, 3.05) is 66.4 Å². The number of anilines is 1. The van der Waals surface area contributed by atoms with Crippen LogP contribution in [0.25, 0.3) is 0 Å². The molecule has 44 heavy (non-hydrogen) atoms. The van der Waals surface area contributed by atoms with E-state index in [1.165, 1.54) is 0 Å². The lowest BCUT2D eigenvalue weighted by Crippen LogP contribution is -2.39. The van der Waals surface area contributed by atoms with Crippen LogP contribution in [0.2, 0.25) is 0 Å². The molecule has 0 aliphatic carbocycles. The highest BCUT2D eigenvalue weighted by atomic mass is 32.2. The second-order valence-corrected chi connectivity index (χ2v) is 10.9. The van der Waals surface area contributed by atoms with Crippen LogP contribution in [0.4, 0.5) is 5.69 Å². The van der Waals surface area contributed by atoms with E-state index in [4.69, 9.17) is 49.1 Å². The predicted octanol–water partition coefficient (Wildman–Crippen LogP) is 2.47. The molecule has 2 aromatic carbocycles. The van der Waals surface area contributed by atoms with Crippen LogP contribution in [0.3, 0.4) is 0 Å². The van der Waals surface area contributed by atoms with Gasteiger partial charge in [0.05, 0.1) is 19.4 Å². The van der Waals surface area contributed by atoms with Crippen molar-refractivity contribution in [3.8, 4) is 11.5 Å². The molecule has 0 saturated heterocycles. The number of carboxylic acids is 4. The summed E-state index contributed by atoms with van der Waals surface area (Å²) in [6.45, 7) is 3.18. The third kappa shape index (κ3) is 12.9. The van der Waals surface area contributed by atoms with Crippen LogP contribution in [0.1, 0.15) is 23.7 Å². The van der Waals surface area contributed by atoms with E-state index in [1.54, 1.807) is 18.9 Å². The molecule has 1 heterocycles. The lowest BCUT2D eigenvalue weighted by atomic mass is 10.1. The summed E-state index contributed by atoms with van der Waals surface area (Å²) in [4.78, 5) is 57.5. The quantitative estimate of drug-likeness (QED) is 0.207. The van der Waals surface area contributed by atoms with Crippen LogP contribution in [0.15, 0.2) is 47.4 Å². The first-order valence-electron chi connectivity index (χ1n) is 13.3. The van der Waals surface area contributed by atoms with Gasteiger partial charge in [0.1, 0.15) is 16.7 Å². The Bertz CT molecular complexity index is 1240. The lowest BCUT2D eigenvalue weighted by molar-refractivity contribution is -0.159. The number of ether oxygens (including phenoxy) is 2. The zero-order valence-electron chi connectivity index (χ0n) is 25.3. The number of carbonyl (C=O) groups excluding carboxylic acids is 1. The molecule has 4 N–H and O–H groups in total. The van der Waals surface area contributed by atoms with Gasteiger partial charge in [0, 0.05) is 23.5 Å². The van der Waals surface area contributed by atoms with E-state index in [0.29, 0.717) is 13.2 Å². The van der Waals surface area contributed by atoms with Crippen LogP contribution < -0.4 is 14.4 Å². The van der Waals surface area contributed by atoms with Gasteiger partial charge in [-0.15, -0.1) is 11.8 Å². The number of carboxylic acid groups (broad SMARTS) is 4. The Morgan fingerprint density at radius 2 is 1.39 bits per heavy atom. The Hall–Kier alpha value is -4.34. The zero-order valence-corrected chi connectivity index (χ0v) is 26.1. The topological polar surface area (TPSA) is 194 Å². The molecule has 0 aromatic heterocycles. The van der Waals surface area contributed by atoms with Gasteiger partial charge < -0.3 is 44.6 Å². The summed E-state index contributed by atoms with van der Waals surface area (Å²) in [7, 11) is 9.87. The van der Waals surface area contributed by atoms with Crippen LogP contribution in [-0.4, -0.2) is 122 Å². The Balaban J connectivity index is 0.000000681. The highest BCUT2D eigenvalue weighted by Crippen LogP contribution is 2.49. The number of benzene rings is 2. The molecule has 0 spiro atoms. The first-order chi connectivity index (χ1) is 20.7. The van der Waals surface area contributed by atoms with E-state index in [0.717, 1.165) is 53.6 Å². The van der Waals surface area contributed by atoms with Crippen LogP contribution in [0.5, 0.6) is 11.5 Å². The summed E-state index contributed by atoms with van der Waals surface area (Å²) >= 11 is 1.59. The average Bonchev–Trinajstić information content (AvgIpc) is 2.96. The van der Waals surface area contributed by atoms with Crippen molar-refractivity contribution in [3.63, 3.8) is 0 Å². The summed E-state index contributed by atoms with van der Waals surface area (Å²) in [5.41, 5.74) is 1.87. The van der Waals surface area contributed by atoms with E-state index in [9.17, 15) is 4.79 Å². The number of aliphatic carboxylic acids is 4. The number of hydrogen-bond acceptors (Lipinski definition) is 10. The normalized spacial score (nSPS) is 13.6. The number of nitrogens with zero attached hydrogens (tertiary/aromatic N) is 3. The molecule has 242 valence electrons. The van der Waals surface area contributed by atoms with E-state index in [1.807, 2.05) is 41.3 Å². The molecule has 15 heteroatoms. The van der Waals surface area contributed by atoms with Crippen molar-refractivity contribution >= 4 is 47.2 Å². The highest BCUT2D eigenvalue weighted by molar-refractivity contribution is 8.00. The fraction of sp³-hybridized carbons (Fsp3) is 0.414.